The van der Waals surface area contributed by atoms with Gasteiger partial charge < -0.3 is 16.0 Å². The zero-order valence-corrected chi connectivity index (χ0v) is 12.1. The van der Waals surface area contributed by atoms with Gasteiger partial charge in [0, 0.05) is 13.1 Å². The molecule has 2 heterocycles. The van der Waals surface area contributed by atoms with Gasteiger partial charge in [0.15, 0.2) is 5.13 Å². The van der Waals surface area contributed by atoms with Gasteiger partial charge >= 0.3 is 0 Å². The molecule has 0 saturated heterocycles. The van der Waals surface area contributed by atoms with Gasteiger partial charge in [0.05, 0.1) is 18.1 Å². The van der Waals surface area contributed by atoms with Gasteiger partial charge in [0.25, 0.3) is 5.91 Å². The Labute approximate surface area is 120 Å². The highest BCUT2D eigenvalue weighted by Gasteiger charge is 2.18. The summed E-state index contributed by atoms with van der Waals surface area (Å²) in [6.45, 7) is 5.69. The van der Waals surface area contributed by atoms with Crippen LogP contribution >= 0.6 is 11.3 Å². The van der Waals surface area contributed by atoms with E-state index in [9.17, 15) is 4.79 Å². The van der Waals surface area contributed by atoms with Crippen molar-refractivity contribution in [3.05, 3.63) is 23.6 Å². The van der Waals surface area contributed by atoms with E-state index in [1.807, 2.05) is 18.7 Å². The molecule has 0 fully saturated rings. The summed E-state index contributed by atoms with van der Waals surface area (Å²) in [5.74, 6) is -0.0561. The van der Waals surface area contributed by atoms with E-state index in [2.05, 4.69) is 20.3 Å². The number of anilines is 3. The smallest absolute Gasteiger partial charge is 0.269 e. The highest BCUT2D eigenvalue weighted by atomic mass is 32.1. The highest BCUT2D eigenvalue weighted by Crippen LogP contribution is 2.28. The monoisotopic (exact) mass is 292 g/mol. The molecule has 0 atom stereocenters. The van der Waals surface area contributed by atoms with Gasteiger partial charge in [0.1, 0.15) is 17.0 Å². The lowest BCUT2D eigenvalue weighted by Crippen LogP contribution is -2.21. The Kier molecular flexibility index (Phi) is 4.46. The molecule has 7 nitrogen and oxygen atoms in total. The van der Waals surface area contributed by atoms with E-state index in [-0.39, 0.29) is 11.7 Å². The Balaban J connectivity index is 2.18. The van der Waals surface area contributed by atoms with Crippen LogP contribution in [0.5, 0.6) is 0 Å². The maximum atomic E-state index is 12.2. The molecule has 106 valence electrons. The van der Waals surface area contributed by atoms with E-state index >= 15 is 0 Å². The molecule has 20 heavy (non-hydrogen) atoms. The second-order valence-electron chi connectivity index (χ2n) is 3.96. The summed E-state index contributed by atoms with van der Waals surface area (Å²) in [7, 11) is 0. The molecule has 3 N–H and O–H groups in total. The molecule has 0 aliphatic heterocycles. The second-order valence-corrected chi connectivity index (χ2v) is 4.94. The maximum Gasteiger partial charge on any atom is 0.269 e. The molecule has 0 unspecified atom stereocenters. The fraction of sp³-hybridized carbons (Fsp3) is 0.333. The zero-order valence-electron chi connectivity index (χ0n) is 11.3. The zero-order chi connectivity index (χ0) is 14.5. The molecule has 0 radical (unpaired) electrons. The molecule has 0 spiro atoms. The van der Waals surface area contributed by atoms with E-state index in [0.717, 1.165) is 18.2 Å². The summed E-state index contributed by atoms with van der Waals surface area (Å²) in [6, 6.07) is 0. The summed E-state index contributed by atoms with van der Waals surface area (Å²) in [4.78, 5) is 26.5. The van der Waals surface area contributed by atoms with Gasteiger partial charge in [0.2, 0.25) is 0 Å². The number of hydrogen-bond donors (Lipinski definition) is 2. The molecule has 2 rings (SSSR count). The van der Waals surface area contributed by atoms with Crippen molar-refractivity contribution < 1.29 is 4.79 Å². The lowest BCUT2D eigenvalue weighted by atomic mass is 10.4. The van der Waals surface area contributed by atoms with E-state index in [4.69, 9.17) is 5.73 Å². The van der Waals surface area contributed by atoms with Gasteiger partial charge in [-0.15, -0.1) is 0 Å². The Morgan fingerprint density at radius 2 is 2.00 bits per heavy atom. The molecule has 0 aromatic carbocycles. The lowest BCUT2D eigenvalue weighted by Gasteiger charge is -2.16. The van der Waals surface area contributed by atoms with E-state index in [1.54, 1.807) is 0 Å². The van der Waals surface area contributed by atoms with Crippen LogP contribution in [0, 0.1) is 0 Å². The van der Waals surface area contributed by atoms with Crippen LogP contribution in [0.4, 0.5) is 16.6 Å². The molecule has 0 aliphatic rings. The first-order chi connectivity index (χ1) is 9.65. The van der Waals surface area contributed by atoms with Crippen LogP contribution in [0.3, 0.4) is 0 Å². The summed E-state index contributed by atoms with van der Waals surface area (Å²) in [5.41, 5.74) is 6.35. The van der Waals surface area contributed by atoms with Crippen molar-refractivity contribution in [2.75, 3.05) is 29.0 Å². The molecular weight excluding hydrogens is 276 g/mol. The van der Waals surface area contributed by atoms with Crippen LogP contribution < -0.4 is 16.0 Å². The Morgan fingerprint density at radius 1 is 1.35 bits per heavy atom. The summed E-state index contributed by atoms with van der Waals surface area (Å²) in [6.07, 6.45) is 4.44. The average molecular weight is 292 g/mol. The number of hydrogen-bond acceptors (Lipinski definition) is 7. The molecule has 0 aliphatic carbocycles. The average Bonchev–Trinajstić information content (AvgIpc) is 2.83. The van der Waals surface area contributed by atoms with Crippen molar-refractivity contribution >= 4 is 33.9 Å². The number of carbonyl (C=O) groups is 1. The minimum atomic E-state index is -0.298. The predicted molar refractivity (Wildman–Crippen MR) is 80.1 cm³/mol. The lowest BCUT2D eigenvalue weighted by molar-refractivity contribution is 0.103. The van der Waals surface area contributed by atoms with Crippen molar-refractivity contribution in [3.63, 3.8) is 0 Å². The third kappa shape index (κ3) is 3.02. The number of nitrogen functional groups attached to an aromatic ring is 1. The number of nitrogens with zero attached hydrogens (tertiary/aromatic N) is 4. The summed E-state index contributed by atoms with van der Waals surface area (Å²) >= 11 is 1.28. The number of thiazole rings is 1. The van der Waals surface area contributed by atoms with Crippen LogP contribution in [-0.2, 0) is 0 Å². The first-order valence-electron chi connectivity index (χ1n) is 6.23. The SMILES string of the molecule is CCN(CC)c1nc(N)c(C(=O)Nc2cncnc2)s1. The first kappa shape index (κ1) is 14.2. The molecule has 2 aromatic rings. The maximum absolute atomic E-state index is 12.2. The molecule has 0 saturated carbocycles. The number of aromatic nitrogens is 3. The second kappa shape index (κ2) is 6.29. The topological polar surface area (TPSA) is 97.0 Å². The van der Waals surface area contributed by atoms with Gasteiger partial charge in [-0.2, -0.15) is 0 Å². The third-order valence-corrected chi connectivity index (χ3v) is 3.83. The normalized spacial score (nSPS) is 10.3. The van der Waals surface area contributed by atoms with Crippen molar-refractivity contribution in [1.29, 1.82) is 0 Å². The van der Waals surface area contributed by atoms with Gasteiger partial charge in [-0.1, -0.05) is 11.3 Å². The molecule has 1 amide bonds. The predicted octanol–water partition coefficient (Wildman–Crippen LogP) is 1.61. The fourth-order valence-corrected chi connectivity index (χ4v) is 2.67. The third-order valence-electron chi connectivity index (χ3n) is 2.70. The van der Waals surface area contributed by atoms with Gasteiger partial charge in [-0.25, -0.2) is 15.0 Å². The van der Waals surface area contributed by atoms with Crippen LogP contribution in [0.25, 0.3) is 0 Å². The summed E-state index contributed by atoms with van der Waals surface area (Å²) in [5, 5.41) is 3.45. The Hall–Kier alpha value is -2.22. The van der Waals surface area contributed by atoms with E-state index in [1.165, 1.54) is 30.1 Å². The number of carbonyl (C=O) groups excluding carboxylic acids is 1. The largest absolute Gasteiger partial charge is 0.382 e. The van der Waals surface area contributed by atoms with Crippen LogP contribution in [0.15, 0.2) is 18.7 Å². The first-order valence-corrected chi connectivity index (χ1v) is 7.05. The van der Waals surface area contributed by atoms with Crippen molar-refractivity contribution in [2.45, 2.75) is 13.8 Å². The number of nitrogens with one attached hydrogen (secondary N) is 1. The van der Waals surface area contributed by atoms with Gasteiger partial charge in [-0.3, -0.25) is 4.79 Å². The Morgan fingerprint density at radius 3 is 2.60 bits per heavy atom. The number of rotatable bonds is 5. The standard InChI is InChI=1S/C12H16N6OS/c1-3-18(4-2)12-17-10(13)9(20-12)11(19)16-8-5-14-7-15-6-8/h5-7H,3-4,13H2,1-2H3,(H,16,19). The van der Waals surface area contributed by atoms with E-state index in [0.29, 0.717) is 10.6 Å². The highest BCUT2D eigenvalue weighted by molar-refractivity contribution is 7.18. The number of nitrogens with two attached hydrogens (primary N) is 1. The molecule has 0 bridgehead atoms. The van der Waals surface area contributed by atoms with Crippen LogP contribution in [0.2, 0.25) is 0 Å². The van der Waals surface area contributed by atoms with E-state index < -0.39 is 0 Å². The minimum Gasteiger partial charge on any atom is -0.382 e. The molecule has 2 aromatic heterocycles. The fourth-order valence-electron chi connectivity index (χ4n) is 1.66. The van der Waals surface area contributed by atoms with Gasteiger partial charge in [-0.05, 0) is 13.8 Å². The Bertz CT molecular complexity index is 581. The van der Waals surface area contributed by atoms with Crippen LogP contribution in [0.1, 0.15) is 23.5 Å². The van der Waals surface area contributed by atoms with Crippen LogP contribution in [-0.4, -0.2) is 33.9 Å². The number of amides is 1. The molecular formula is C12H16N6OS. The van der Waals surface area contributed by atoms with Crippen molar-refractivity contribution in [2.24, 2.45) is 0 Å². The molecule has 8 heteroatoms. The minimum absolute atomic E-state index is 0.242. The quantitative estimate of drug-likeness (QED) is 0.869. The van der Waals surface area contributed by atoms with Crippen molar-refractivity contribution in [3.8, 4) is 0 Å². The van der Waals surface area contributed by atoms with Crippen molar-refractivity contribution in [1.82, 2.24) is 15.0 Å². The summed E-state index contributed by atoms with van der Waals surface area (Å²) < 4.78 is 0.